The number of carboxylic acids is 1. The van der Waals surface area contributed by atoms with Gasteiger partial charge in [-0.1, -0.05) is 56.5 Å². The molecule has 2 saturated heterocycles. The van der Waals surface area contributed by atoms with Crippen LogP contribution in [0.2, 0.25) is 5.02 Å². The van der Waals surface area contributed by atoms with Gasteiger partial charge in [0.15, 0.2) is 0 Å². The number of carbonyl (C=O) groups is 1. The molecule has 5 heteroatoms. The van der Waals surface area contributed by atoms with E-state index in [2.05, 4.69) is 43.0 Å². The molecule has 0 amide bonds. The van der Waals surface area contributed by atoms with E-state index in [0.29, 0.717) is 18.1 Å². The minimum absolute atomic E-state index is 0.190. The molecule has 0 aromatic heterocycles. The van der Waals surface area contributed by atoms with Gasteiger partial charge in [0.1, 0.15) is 5.75 Å². The van der Waals surface area contributed by atoms with Gasteiger partial charge >= 0.3 is 5.97 Å². The number of piperidine rings is 2. The van der Waals surface area contributed by atoms with Crippen LogP contribution in [0.5, 0.6) is 5.75 Å². The zero-order valence-corrected chi connectivity index (χ0v) is 22.0. The topological polar surface area (TPSA) is 49.8 Å². The Labute approximate surface area is 215 Å². The number of halogens is 1. The fraction of sp³-hybridized carbons (Fsp3) is 0.633. The molecule has 3 aliphatic rings. The van der Waals surface area contributed by atoms with Crippen LogP contribution < -0.4 is 4.74 Å². The molecule has 1 saturated carbocycles. The van der Waals surface area contributed by atoms with Crippen LogP contribution in [0, 0.1) is 11.8 Å². The van der Waals surface area contributed by atoms with E-state index in [4.69, 9.17) is 16.3 Å². The van der Waals surface area contributed by atoms with Crippen LogP contribution in [0.4, 0.5) is 0 Å². The molecular weight excluding hydrogens is 458 g/mol. The van der Waals surface area contributed by atoms with Gasteiger partial charge in [-0.15, -0.1) is 0 Å². The van der Waals surface area contributed by atoms with E-state index in [1.807, 2.05) is 6.07 Å². The molecule has 4 nitrogen and oxygen atoms in total. The first-order valence-corrected chi connectivity index (χ1v) is 14.2. The van der Waals surface area contributed by atoms with Crippen molar-refractivity contribution < 1.29 is 14.6 Å². The van der Waals surface area contributed by atoms with Crippen molar-refractivity contribution >= 4 is 28.3 Å². The van der Waals surface area contributed by atoms with Crippen LogP contribution in [-0.4, -0.2) is 34.2 Å². The summed E-state index contributed by atoms with van der Waals surface area (Å²) in [6.07, 6.45) is 12.3. The largest absolute Gasteiger partial charge is 0.489 e. The minimum Gasteiger partial charge on any atom is -0.489 e. The number of nitrogens with zero attached hydrogens (tertiary/aromatic N) is 1. The van der Waals surface area contributed by atoms with Gasteiger partial charge in [0.05, 0.1) is 17.0 Å². The lowest BCUT2D eigenvalue weighted by atomic mass is 9.76. The summed E-state index contributed by atoms with van der Waals surface area (Å²) in [6, 6.07) is 11.9. The molecule has 35 heavy (non-hydrogen) atoms. The van der Waals surface area contributed by atoms with Gasteiger partial charge in [0.2, 0.25) is 0 Å². The minimum atomic E-state index is -0.619. The average molecular weight is 498 g/mol. The first-order valence-electron chi connectivity index (χ1n) is 13.9. The summed E-state index contributed by atoms with van der Waals surface area (Å²) >= 11 is 6.86. The van der Waals surface area contributed by atoms with Crippen molar-refractivity contribution in [3.05, 3.63) is 40.9 Å². The van der Waals surface area contributed by atoms with Gasteiger partial charge in [0, 0.05) is 23.5 Å². The van der Waals surface area contributed by atoms with Crippen LogP contribution in [0.15, 0.2) is 30.3 Å². The second kappa shape index (κ2) is 10.7. The number of fused-ring (bicyclic) bond motifs is 3. The molecule has 5 rings (SSSR count). The standard InChI is InChI=1S/C30H40ClNO3/c1-3-19-8-12-25(13-9-19)35-28-15-11-20-16-21(10-14-26(20)29(28)31)27(4-2)32-23-6-5-7-24(32)18-22(17-23)30(33)34/h10-11,14-16,19,22-25,27H,3-9,12-13,17-18H2,1-2H3,(H,33,34)/t19?,22?,23?,24?,25?,27-/m1/s1. The van der Waals surface area contributed by atoms with Gasteiger partial charge in [-0.2, -0.15) is 0 Å². The van der Waals surface area contributed by atoms with Crippen LogP contribution in [-0.2, 0) is 4.79 Å². The third-order valence-electron chi connectivity index (χ3n) is 9.12. The molecule has 2 unspecified atom stereocenters. The SMILES string of the molecule is CCC1CCC(Oc2ccc3cc([C@@H](CC)N4C5CCCC4CC(C(=O)O)C5)ccc3c2Cl)CC1. The molecule has 1 aliphatic carbocycles. The summed E-state index contributed by atoms with van der Waals surface area (Å²) in [6.45, 7) is 4.54. The molecule has 0 spiro atoms. The van der Waals surface area contributed by atoms with Gasteiger partial charge < -0.3 is 9.84 Å². The molecule has 2 aromatic rings. The number of carboxylic acid groups (broad SMARTS) is 1. The molecule has 2 aliphatic heterocycles. The molecule has 2 bridgehead atoms. The predicted molar refractivity (Wildman–Crippen MR) is 142 cm³/mol. The summed E-state index contributed by atoms with van der Waals surface area (Å²) in [5.74, 6) is 0.849. The van der Waals surface area contributed by atoms with Gasteiger partial charge in [-0.3, -0.25) is 9.69 Å². The van der Waals surface area contributed by atoms with Crippen molar-refractivity contribution in [2.24, 2.45) is 11.8 Å². The first-order chi connectivity index (χ1) is 17.0. The smallest absolute Gasteiger partial charge is 0.306 e. The lowest BCUT2D eigenvalue weighted by Crippen LogP contribution is -2.54. The van der Waals surface area contributed by atoms with Crippen molar-refractivity contribution in [3.8, 4) is 5.75 Å². The Bertz CT molecular complexity index is 1030. The van der Waals surface area contributed by atoms with Crippen LogP contribution in [0.25, 0.3) is 10.8 Å². The molecular formula is C30H40ClNO3. The molecule has 0 radical (unpaired) electrons. The molecule has 3 fully saturated rings. The first kappa shape index (κ1) is 24.9. The third kappa shape index (κ3) is 5.06. The van der Waals surface area contributed by atoms with Gasteiger partial charge in [0.25, 0.3) is 0 Å². The second-order valence-electron chi connectivity index (χ2n) is 11.1. The van der Waals surface area contributed by atoms with Crippen molar-refractivity contribution in [3.63, 3.8) is 0 Å². The highest BCUT2D eigenvalue weighted by atomic mass is 35.5. The Hall–Kier alpha value is -1.78. The number of hydrogen-bond donors (Lipinski definition) is 1. The normalized spacial score (nSPS) is 30.2. The predicted octanol–water partition coefficient (Wildman–Crippen LogP) is 8.01. The monoisotopic (exact) mass is 497 g/mol. The lowest BCUT2D eigenvalue weighted by Gasteiger charge is -2.51. The van der Waals surface area contributed by atoms with E-state index in [1.165, 1.54) is 31.2 Å². The Kier molecular flexibility index (Phi) is 7.60. The highest BCUT2D eigenvalue weighted by Crippen LogP contribution is 2.44. The lowest BCUT2D eigenvalue weighted by molar-refractivity contribution is -0.147. The van der Waals surface area contributed by atoms with Crippen LogP contribution in [0.3, 0.4) is 0 Å². The summed E-state index contributed by atoms with van der Waals surface area (Å²) in [5.41, 5.74) is 1.31. The fourth-order valence-electron chi connectivity index (χ4n) is 7.17. The molecule has 3 atom stereocenters. The number of hydrogen-bond acceptors (Lipinski definition) is 3. The van der Waals surface area contributed by atoms with E-state index in [1.54, 1.807) is 0 Å². The zero-order chi connectivity index (χ0) is 24.5. The van der Waals surface area contributed by atoms with Crippen molar-refractivity contribution in [2.75, 3.05) is 0 Å². The Morgan fingerprint density at radius 1 is 1.06 bits per heavy atom. The Balaban J connectivity index is 1.36. The summed E-state index contributed by atoms with van der Waals surface area (Å²) in [4.78, 5) is 14.4. The Morgan fingerprint density at radius 2 is 1.77 bits per heavy atom. The quantitative estimate of drug-likeness (QED) is 0.420. The average Bonchev–Trinajstić information content (AvgIpc) is 2.86. The Morgan fingerprint density at radius 3 is 2.40 bits per heavy atom. The maximum Gasteiger partial charge on any atom is 0.306 e. The summed E-state index contributed by atoms with van der Waals surface area (Å²) < 4.78 is 6.37. The maximum absolute atomic E-state index is 11.7. The van der Waals surface area contributed by atoms with E-state index in [0.717, 1.165) is 72.4 Å². The maximum atomic E-state index is 11.7. The van der Waals surface area contributed by atoms with Crippen molar-refractivity contribution in [1.29, 1.82) is 0 Å². The fourth-order valence-corrected chi connectivity index (χ4v) is 7.45. The third-order valence-corrected chi connectivity index (χ3v) is 9.51. The molecule has 2 aromatic carbocycles. The zero-order valence-electron chi connectivity index (χ0n) is 21.2. The number of rotatable bonds is 7. The number of aliphatic carboxylic acids is 1. The van der Waals surface area contributed by atoms with Crippen LogP contribution in [0.1, 0.15) is 96.1 Å². The highest BCUT2D eigenvalue weighted by molar-refractivity contribution is 6.37. The number of ether oxygens (including phenoxy) is 1. The van der Waals surface area contributed by atoms with E-state index >= 15 is 0 Å². The molecule has 1 N–H and O–H groups in total. The molecule has 2 heterocycles. The van der Waals surface area contributed by atoms with Gasteiger partial charge in [-0.25, -0.2) is 0 Å². The van der Waals surface area contributed by atoms with Crippen molar-refractivity contribution in [1.82, 2.24) is 4.90 Å². The van der Waals surface area contributed by atoms with Gasteiger partial charge in [-0.05, 0) is 86.8 Å². The van der Waals surface area contributed by atoms with Crippen LogP contribution >= 0.6 is 11.6 Å². The highest BCUT2D eigenvalue weighted by Gasteiger charge is 2.43. The van der Waals surface area contributed by atoms with E-state index < -0.39 is 5.97 Å². The van der Waals surface area contributed by atoms with Crippen molar-refractivity contribution in [2.45, 2.75) is 109 Å². The summed E-state index contributed by atoms with van der Waals surface area (Å²) in [5, 5.41) is 12.6. The van der Waals surface area contributed by atoms with E-state index in [9.17, 15) is 9.90 Å². The number of benzene rings is 2. The second-order valence-corrected chi connectivity index (χ2v) is 11.5. The molecule has 190 valence electrons. The van der Waals surface area contributed by atoms with E-state index in [-0.39, 0.29) is 12.0 Å². The summed E-state index contributed by atoms with van der Waals surface area (Å²) in [7, 11) is 0.